The average Bonchev–Trinajstić information content (AvgIpc) is 3.12. The Balaban J connectivity index is 1.59. The topological polar surface area (TPSA) is 99.5 Å². The summed E-state index contributed by atoms with van der Waals surface area (Å²) in [5.41, 5.74) is 2.29. The summed E-state index contributed by atoms with van der Waals surface area (Å²) in [6, 6.07) is 3.00. The van der Waals surface area contributed by atoms with Gasteiger partial charge in [-0.25, -0.2) is 4.79 Å². The molecule has 9 heteroatoms. The van der Waals surface area contributed by atoms with E-state index in [-0.39, 0.29) is 10.8 Å². The van der Waals surface area contributed by atoms with E-state index in [0.29, 0.717) is 17.9 Å². The maximum absolute atomic E-state index is 12.4. The van der Waals surface area contributed by atoms with Crippen LogP contribution in [0, 0.1) is 24.5 Å². The first-order valence-electron chi connectivity index (χ1n) is 8.85. The number of benzene rings is 1. The molecule has 0 radical (unpaired) electrons. The Morgan fingerprint density at radius 2 is 2.11 bits per heavy atom. The van der Waals surface area contributed by atoms with Crippen LogP contribution in [-0.2, 0) is 19.1 Å². The van der Waals surface area contributed by atoms with Crippen molar-refractivity contribution < 1.29 is 19.1 Å². The fourth-order valence-electron chi connectivity index (χ4n) is 3.64. The molecule has 2 atom stereocenters. The lowest BCUT2D eigenvalue weighted by Crippen LogP contribution is -2.47. The van der Waals surface area contributed by atoms with Crippen molar-refractivity contribution in [2.24, 2.45) is 0 Å². The predicted octanol–water partition coefficient (Wildman–Crippen LogP) is 2.81. The molecule has 3 rings (SSSR count). The van der Waals surface area contributed by atoms with Gasteiger partial charge in [-0.2, -0.15) is 5.26 Å². The van der Waals surface area contributed by atoms with E-state index in [0.717, 1.165) is 34.2 Å². The highest BCUT2D eigenvalue weighted by Gasteiger charge is 2.53. The number of ether oxygens (including phenoxy) is 1. The number of esters is 1. The van der Waals surface area contributed by atoms with Gasteiger partial charge >= 0.3 is 5.97 Å². The first kappa shape index (κ1) is 20.6. The smallest absolute Gasteiger partial charge is 0.330 e. The van der Waals surface area contributed by atoms with Gasteiger partial charge in [-0.1, -0.05) is 0 Å². The predicted molar refractivity (Wildman–Crippen MR) is 108 cm³/mol. The number of fused-ring (bicyclic) bond motifs is 1. The number of nitrogens with one attached hydrogen (secondary N) is 1. The van der Waals surface area contributed by atoms with Gasteiger partial charge < -0.3 is 15.0 Å². The molecule has 2 fully saturated rings. The second-order valence-corrected chi connectivity index (χ2v) is 9.41. The highest BCUT2D eigenvalue weighted by molar-refractivity contribution is 8.03. The van der Waals surface area contributed by atoms with Crippen LogP contribution in [0.3, 0.4) is 0 Å². The molecule has 2 saturated heterocycles. The number of aryl methyl sites for hydroxylation is 2. The number of rotatable bonds is 5. The van der Waals surface area contributed by atoms with Gasteiger partial charge in [0.2, 0.25) is 5.91 Å². The second-order valence-electron chi connectivity index (χ2n) is 7.05. The van der Waals surface area contributed by atoms with Crippen molar-refractivity contribution in [3.8, 4) is 5.40 Å². The summed E-state index contributed by atoms with van der Waals surface area (Å²) in [6.07, 6.45) is 1.16. The number of carbonyl (C=O) groups is 3. The normalized spacial score (nSPS) is 23.3. The minimum Gasteiger partial charge on any atom is -0.454 e. The number of anilines is 1. The van der Waals surface area contributed by atoms with Gasteiger partial charge in [-0.3, -0.25) is 9.59 Å². The van der Waals surface area contributed by atoms with Crippen molar-refractivity contribution in [1.29, 1.82) is 5.26 Å². The largest absolute Gasteiger partial charge is 0.454 e. The Morgan fingerprint density at radius 3 is 2.75 bits per heavy atom. The monoisotopic (exact) mass is 419 g/mol. The van der Waals surface area contributed by atoms with Crippen molar-refractivity contribution in [1.82, 2.24) is 4.90 Å². The Labute approximate surface area is 172 Å². The Kier molecular flexibility index (Phi) is 5.91. The summed E-state index contributed by atoms with van der Waals surface area (Å²) in [4.78, 5) is 38.9. The lowest BCUT2D eigenvalue weighted by molar-refractivity contribution is -0.155. The molecule has 0 spiro atoms. The Hall–Kier alpha value is -2.18. The number of thioether (sulfide) groups is 2. The summed E-state index contributed by atoms with van der Waals surface area (Å²) >= 11 is 2.64. The fourth-order valence-corrected chi connectivity index (χ4v) is 5.63. The van der Waals surface area contributed by atoms with Gasteiger partial charge in [0.1, 0.15) is 11.4 Å². The SMILES string of the molecule is Cc1cc(SC#N)cc(C)c1NC(=O)COC(=O)[C@@H]1CS[C@@]2(C)CCC(=O)N12. The van der Waals surface area contributed by atoms with E-state index in [1.807, 2.05) is 38.3 Å². The van der Waals surface area contributed by atoms with Crippen LogP contribution in [0.15, 0.2) is 17.0 Å². The number of hydrogen-bond donors (Lipinski definition) is 1. The van der Waals surface area contributed by atoms with E-state index in [2.05, 4.69) is 5.32 Å². The van der Waals surface area contributed by atoms with Gasteiger partial charge in [0, 0.05) is 22.8 Å². The third-order valence-corrected chi connectivity index (χ3v) is 7.06. The fraction of sp³-hybridized carbons (Fsp3) is 0.474. The Bertz CT molecular complexity index is 859. The van der Waals surface area contributed by atoms with E-state index in [1.54, 1.807) is 16.7 Å². The third-order valence-electron chi connectivity index (χ3n) is 5.00. The molecule has 0 bridgehead atoms. The van der Waals surface area contributed by atoms with Crippen LogP contribution in [0.1, 0.15) is 30.9 Å². The number of nitriles is 1. The molecular weight excluding hydrogens is 398 g/mol. The van der Waals surface area contributed by atoms with Crippen LogP contribution in [0.5, 0.6) is 0 Å². The highest BCUT2D eigenvalue weighted by atomic mass is 32.2. The van der Waals surface area contributed by atoms with Crippen molar-refractivity contribution in [3.05, 3.63) is 23.3 Å². The number of carbonyl (C=O) groups excluding carboxylic acids is 3. The zero-order valence-corrected chi connectivity index (χ0v) is 17.5. The minimum absolute atomic E-state index is 0.0412. The number of thiocyanates is 1. The van der Waals surface area contributed by atoms with Gasteiger partial charge in [0.25, 0.3) is 5.91 Å². The molecule has 1 N–H and O–H groups in total. The van der Waals surface area contributed by atoms with E-state index >= 15 is 0 Å². The first-order valence-corrected chi connectivity index (χ1v) is 10.6. The van der Waals surface area contributed by atoms with E-state index in [1.165, 1.54) is 0 Å². The van der Waals surface area contributed by atoms with Crippen molar-refractivity contribution in [2.75, 3.05) is 17.7 Å². The van der Waals surface area contributed by atoms with Crippen LogP contribution in [-0.4, -0.2) is 46.0 Å². The third kappa shape index (κ3) is 3.98. The number of nitrogens with zero attached hydrogens (tertiary/aromatic N) is 2. The van der Waals surface area contributed by atoms with Crippen LogP contribution in [0.4, 0.5) is 5.69 Å². The second kappa shape index (κ2) is 8.05. The molecule has 2 heterocycles. The van der Waals surface area contributed by atoms with Gasteiger partial charge in [-0.15, -0.1) is 11.8 Å². The molecule has 2 amide bonds. The van der Waals surface area contributed by atoms with Gasteiger partial charge in [0.15, 0.2) is 6.61 Å². The first-order chi connectivity index (χ1) is 13.2. The minimum atomic E-state index is -0.636. The quantitative estimate of drug-likeness (QED) is 0.445. The summed E-state index contributed by atoms with van der Waals surface area (Å²) < 4.78 is 5.20. The zero-order valence-electron chi connectivity index (χ0n) is 15.9. The van der Waals surface area contributed by atoms with E-state index in [4.69, 9.17) is 10.00 Å². The van der Waals surface area contributed by atoms with Gasteiger partial charge in [-0.05, 0) is 62.2 Å². The number of amides is 2. The number of hydrogen-bond acceptors (Lipinski definition) is 7. The molecule has 0 saturated carbocycles. The molecule has 0 aromatic heterocycles. The summed E-state index contributed by atoms with van der Waals surface area (Å²) in [5.74, 6) is -0.545. The molecular formula is C19H21N3O4S2. The zero-order chi connectivity index (χ0) is 20.5. The van der Waals surface area contributed by atoms with Gasteiger partial charge in [0.05, 0.1) is 4.87 Å². The van der Waals surface area contributed by atoms with E-state index in [9.17, 15) is 14.4 Å². The lowest BCUT2D eigenvalue weighted by Gasteiger charge is -2.29. The molecule has 148 valence electrons. The maximum atomic E-state index is 12.4. The molecule has 0 unspecified atom stereocenters. The lowest BCUT2D eigenvalue weighted by atomic mass is 10.1. The van der Waals surface area contributed by atoms with E-state index < -0.39 is 24.5 Å². The summed E-state index contributed by atoms with van der Waals surface area (Å²) in [7, 11) is 0. The molecule has 1 aromatic carbocycles. The van der Waals surface area contributed by atoms with Crippen LogP contribution in [0.25, 0.3) is 0 Å². The van der Waals surface area contributed by atoms with Crippen LogP contribution < -0.4 is 5.32 Å². The molecule has 7 nitrogen and oxygen atoms in total. The molecule has 1 aromatic rings. The highest BCUT2D eigenvalue weighted by Crippen LogP contribution is 2.47. The summed E-state index contributed by atoms with van der Waals surface area (Å²) in [6.45, 7) is 5.23. The van der Waals surface area contributed by atoms with Crippen molar-refractivity contribution in [3.63, 3.8) is 0 Å². The summed E-state index contributed by atoms with van der Waals surface area (Å²) in [5, 5.41) is 13.6. The Morgan fingerprint density at radius 1 is 1.43 bits per heavy atom. The molecule has 2 aliphatic rings. The van der Waals surface area contributed by atoms with Crippen molar-refractivity contribution in [2.45, 2.75) is 49.4 Å². The van der Waals surface area contributed by atoms with Crippen LogP contribution >= 0.6 is 23.5 Å². The standard InChI is InChI=1S/C19H21N3O4S2/c1-11-6-13(27-10-20)7-12(2)17(11)21-15(23)8-26-18(25)14-9-28-19(3)5-4-16(24)22(14)19/h6-7,14H,4-5,8-9H2,1-3H3,(H,21,23)/t14-,19-/m0/s1. The van der Waals surface area contributed by atoms with Crippen LogP contribution in [0.2, 0.25) is 0 Å². The molecule has 2 aliphatic heterocycles. The average molecular weight is 420 g/mol. The molecule has 28 heavy (non-hydrogen) atoms. The maximum Gasteiger partial charge on any atom is 0.330 e. The molecule has 0 aliphatic carbocycles. The van der Waals surface area contributed by atoms with Crippen molar-refractivity contribution >= 4 is 47.0 Å².